The van der Waals surface area contributed by atoms with Gasteiger partial charge in [0.15, 0.2) is 0 Å². The van der Waals surface area contributed by atoms with E-state index in [1.54, 1.807) is 21.3 Å². The van der Waals surface area contributed by atoms with Gasteiger partial charge in [0.1, 0.15) is 0 Å². The number of methoxy groups -OCH3 is 3. The van der Waals surface area contributed by atoms with Crippen molar-refractivity contribution < 1.29 is 14.2 Å². The van der Waals surface area contributed by atoms with Crippen LogP contribution in [0.3, 0.4) is 0 Å². The maximum atomic E-state index is 5.70. The highest BCUT2D eigenvalue weighted by atomic mass is 16.9. The SMILES string of the molecule is CCCCCCCCCCCCCCCCC(CCCCCCC)C(OC)(OC)OC. The van der Waals surface area contributed by atoms with Crippen LogP contribution in [0.15, 0.2) is 0 Å². The van der Waals surface area contributed by atoms with Crippen LogP contribution in [0.2, 0.25) is 0 Å². The van der Waals surface area contributed by atoms with Gasteiger partial charge in [-0.1, -0.05) is 136 Å². The lowest BCUT2D eigenvalue weighted by molar-refractivity contribution is -0.380. The molecule has 0 saturated carbocycles. The van der Waals surface area contributed by atoms with Crippen molar-refractivity contribution in [2.45, 2.75) is 155 Å². The highest BCUT2D eigenvalue weighted by Crippen LogP contribution is 2.33. The molecule has 3 nitrogen and oxygen atoms in total. The highest BCUT2D eigenvalue weighted by Gasteiger charge is 2.39. The third-order valence-corrected chi connectivity index (χ3v) is 6.92. The average molecular weight is 443 g/mol. The Kier molecular flexibility index (Phi) is 23.0. The Balaban J connectivity index is 3.88. The summed E-state index contributed by atoms with van der Waals surface area (Å²) in [7, 11) is 5.13. The Hall–Kier alpha value is -0.120. The Morgan fingerprint density at radius 3 is 0.935 bits per heavy atom. The van der Waals surface area contributed by atoms with E-state index in [2.05, 4.69) is 13.8 Å². The smallest absolute Gasteiger partial charge is 0.285 e. The second-order valence-corrected chi connectivity index (χ2v) is 9.50. The molecular weight excluding hydrogens is 384 g/mol. The van der Waals surface area contributed by atoms with E-state index in [1.165, 1.54) is 122 Å². The van der Waals surface area contributed by atoms with Crippen molar-refractivity contribution in [3.8, 4) is 0 Å². The molecule has 188 valence electrons. The maximum absolute atomic E-state index is 5.70. The zero-order valence-electron chi connectivity index (χ0n) is 22.2. The van der Waals surface area contributed by atoms with Crippen molar-refractivity contribution in [3.05, 3.63) is 0 Å². The predicted molar refractivity (Wildman–Crippen MR) is 136 cm³/mol. The number of rotatable bonds is 25. The van der Waals surface area contributed by atoms with E-state index in [4.69, 9.17) is 14.2 Å². The Labute approximate surface area is 196 Å². The first-order valence-electron chi connectivity index (χ1n) is 13.9. The first-order chi connectivity index (χ1) is 15.2. The van der Waals surface area contributed by atoms with Gasteiger partial charge in [-0.05, 0) is 12.8 Å². The first-order valence-corrected chi connectivity index (χ1v) is 13.9. The van der Waals surface area contributed by atoms with Crippen molar-refractivity contribution in [2.24, 2.45) is 5.92 Å². The molecule has 0 rings (SSSR count). The minimum absolute atomic E-state index is 0.312. The first kappa shape index (κ1) is 30.9. The molecule has 0 aliphatic heterocycles. The van der Waals surface area contributed by atoms with E-state index in [0.29, 0.717) is 5.92 Å². The van der Waals surface area contributed by atoms with Gasteiger partial charge in [0.25, 0.3) is 5.97 Å². The van der Waals surface area contributed by atoms with Gasteiger partial charge in [0, 0.05) is 27.2 Å². The lowest BCUT2D eigenvalue weighted by Gasteiger charge is -2.36. The van der Waals surface area contributed by atoms with E-state index < -0.39 is 5.97 Å². The molecule has 0 amide bonds. The zero-order chi connectivity index (χ0) is 23.0. The predicted octanol–water partition coefficient (Wildman–Crippen LogP) is 9.43. The Morgan fingerprint density at radius 1 is 0.419 bits per heavy atom. The number of unbranched alkanes of at least 4 members (excludes halogenated alkanes) is 17. The molecule has 0 radical (unpaired) electrons. The van der Waals surface area contributed by atoms with Gasteiger partial charge in [0.05, 0.1) is 0 Å². The molecule has 31 heavy (non-hydrogen) atoms. The molecule has 0 saturated heterocycles. The quantitative estimate of drug-likeness (QED) is 0.104. The number of hydrogen-bond donors (Lipinski definition) is 0. The zero-order valence-corrected chi connectivity index (χ0v) is 22.2. The van der Waals surface area contributed by atoms with Crippen LogP contribution in [0.1, 0.15) is 149 Å². The fraction of sp³-hybridized carbons (Fsp3) is 1.00. The summed E-state index contributed by atoms with van der Waals surface area (Å²) in [6.07, 6.45) is 28.3. The Bertz CT molecular complexity index is 333. The summed E-state index contributed by atoms with van der Waals surface area (Å²) in [5, 5.41) is 0. The molecule has 0 heterocycles. The number of ether oxygens (including phenoxy) is 3. The van der Waals surface area contributed by atoms with Gasteiger partial charge in [-0.3, -0.25) is 0 Å². The van der Waals surface area contributed by atoms with Crippen molar-refractivity contribution in [2.75, 3.05) is 21.3 Å². The monoisotopic (exact) mass is 442 g/mol. The second-order valence-electron chi connectivity index (χ2n) is 9.50. The normalized spacial score (nSPS) is 13.1. The summed E-state index contributed by atoms with van der Waals surface area (Å²) in [5.74, 6) is -0.562. The fourth-order valence-electron chi connectivity index (χ4n) is 4.83. The molecule has 0 fully saturated rings. The molecule has 0 aliphatic rings. The van der Waals surface area contributed by atoms with Crippen LogP contribution in [0.5, 0.6) is 0 Å². The summed E-state index contributed by atoms with van der Waals surface area (Å²) in [6, 6.07) is 0. The second kappa shape index (κ2) is 23.1. The number of hydrogen-bond acceptors (Lipinski definition) is 3. The fourth-order valence-corrected chi connectivity index (χ4v) is 4.83. The molecule has 0 bridgehead atoms. The van der Waals surface area contributed by atoms with E-state index in [0.717, 1.165) is 12.8 Å². The minimum atomic E-state index is -0.874. The largest absolute Gasteiger partial charge is 0.331 e. The molecule has 0 aromatic carbocycles. The minimum Gasteiger partial charge on any atom is -0.331 e. The van der Waals surface area contributed by atoms with Crippen LogP contribution in [-0.4, -0.2) is 27.3 Å². The summed E-state index contributed by atoms with van der Waals surface area (Å²) < 4.78 is 17.1. The lowest BCUT2D eigenvalue weighted by atomic mass is 9.91. The summed E-state index contributed by atoms with van der Waals surface area (Å²) in [6.45, 7) is 4.56. The highest BCUT2D eigenvalue weighted by molar-refractivity contribution is 4.71. The molecule has 3 heteroatoms. The van der Waals surface area contributed by atoms with Crippen LogP contribution < -0.4 is 0 Å². The van der Waals surface area contributed by atoms with E-state index in [-0.39, 0.29) is 0 Å². The molecule has 0 N–H and O–H groups in total. The average Bonchev–Trinajstić information content (AvgIpc) is 2.80. The lowest BCUT2D eigenvalue weighted by Crippen LogP contribution is -2.44. The summed E-state index contributed by atoms with van der Waals surface area (Å²) in [5.41, 5.74) is 0. The van der Waals surface area contributed by atoms with E-state index in [9.17, 15) is 0 Å². The van der Waals surface area contributed by atoms with Gasteiger partial charge < -0.3 is 14.2 Å². The van der Waals surface area contributed by atoms with Crippen molar-refractivity contribution in [1.82, 2.24) is 0 Å². The molecule has 0 spiro atoms. The molecule has 0 aromatic heterocycles. The van der Waals surface area contributed by atoms with Gasteiger partial charge in [-0.15, -0.1) is 0 Å². The van der Waals surface area contributed by atoms with E-state index in [1.807, 2.05) is 0 Å². The maximum Gasteiger partial charge on any atom is 0.285 e. The van der Waals surface area contributed by atoms with Gasteiger partial charge in [-0.2, -0.15) is 0 Å². The van der Waals surface area contributed by atoms with E-state index >= 15 is 0 Å². The van der Waals surface area contributed by atoms with Crippen LogP contribution in [0.25, 0.3) is 0 Å². The third kappa shape index (κ3) is 16.2. The molecule has 1 unspecified atom stereocenters. The van der Waals surface area contributed by atoms with Gasteiger partial charge in [-0.25, -0.2) is 0 Å². The molecular formula is C28H58O3. The van der Waals surface area contributed by atoms with Crippen LogP contribution in [-0.2, 0) is 14.2 Å². The van der Waals surface area contributed by atoms with Crippen LogP contribution in [0.4, 0.5) is 0 Å². The summed E-state index contributed by atoms with van der Waals surface area (Å²) >= 11 is 0. The third-order valence-electron chi connectivity index (χ3n) is 6.92. The van der Waals surface area contributed by atoms with Crippen molar-refractivity contribution in [1.29, 1.82) is 0 Å². The topological polar surface area (TPSA) is 27.7 Å². The van der Waals surface area contributed by atoms with Crippen molar-refractivity contribution >= 4 is 0 Å². The molecule has 1 atom stereocenters. The van der Waals surface area contributed by atoms with Gasteiger partial charge in [0.2, 0.25) is 0 Å². The molecule has 0 aromatic rings. The summed E-state index contributed by atoms with van der Waals surface area (Å²) in [4.78, 5) is 0. The standard InChI is InChI=1S/C28H58O3/c1-6-8-10-12-13-14-15-16-17-18-19-20-22-24-26-27(25-23-21-11-9-7-2)28(29-3,30-4)31-5/h27H,6-26H2,1-5H3. The molecule has 0 aliphatic carbocycles. The van der Waals surface area contributed by atoms with Crippen molar-refractivity contribution in [3.63, 3.8) is 0 Å². The van der Waals surface area contributed by atoms with Gasteiger partial charge >= 0.3 is 0 Å². The Morgan fingerprint density at radius 2 is 0.677 bits per heavy atom. The van der Waals surface area contributed by atoms with Crippen LogP contribution in [0, 0.1) is 5.92 Å². The van der Waals surface area contributed by atoms with Crippen LogP contribution >= 0.6 is 0 Å².